The van der Waals surface area contributed by atoms with Crippen LogP contribution in [-0.4, -0.2) is 41.1 Å². The van der Waals surface area contributed by atoms with Gasteiger partial charge in [0.05, 0.1) is 17.1 Å². The lowest BCUT2D eigenvalue weighted by Gasteiger charge is -2.10. The Morgan fingerprint density at radius 2 is 1.85 bits per heavy atom. The molecule has 0 saturated carbocycles. The standard InChI is InChI=1S/C18H21BrN2O4S/c1-25-12-11-21-26(23,24)15-7-8-17(19)16(13-15)18(22)20-10-9-14-5-3-2-4-6-14/h2-8,13,21H,9-12H2,1H3,(H,20,22). The first-order valence-electron chi connectivity index (χ1n) is 8.04. The van der Waals surface area contributed by atoms with E-state index in [-0.39, 0.29) is 29.5 Å². The van der Waals surface area contributed by atoms with Crippen molar-refractivity contribution in [3.8, 4) is 0 Å². The van der Waals surface area contributed by atoms with Crippen molar-refractivity contribution in [1.82, 2.24) is 10.0 Å². The number of carbonyl (C=O) groups is 1. The highest BCUT2D eigenvalue weighted by Crippen LogP contribution is 2.21. The maximum Gasteiger partial charge on any atom is 0.252 e. The molecule has 0 saturated heterocycles. The molecule has 0 aliphatic heterocycles. The zero-order valence-corrected chi connectivity index (χ0v) is 16.8. The highest BCUT2D eigenvalue weighted by molar-refractivity contribution is 9.10. The summed E-state index contributed by atoms with van der Waals surface area (Å²) >= 11 is 3.30. The SMILES string of the molecule is COCCNS(=O)(=O)c1ccc(Br)c(C(=O)NCCc2ccccc2)c1. The van der Waals surface area contributed by atoms with Crippen molar-refractivity contribution in [1.29, 1.82) is 0 Å². The minimum absolute atomic E-state index is 0.0324. The zero-order valence-electron chi connectivity index (χ0n) is 14.4. The van der Waals surface area contributed by atoms with Crippen LogP contribution >= 0.6 is 15.9 Å². The van der Waals surface area contributed by atoms with Gasteiger partial charge in [-0.15, -0.1) is 0 Å². The quantitative estimate of drug-likeness (QED) is 0.586. The zero-order chi connectivity index (χ0) is 19.0. The molecule has 0 aromatic heterocycles. The molecule has 0 aliphatic rings. The van der Waals surface area contributed by atoms with E-state index in [1.54, 1.807) is 6.07 Å². The Kier molecular flexibility index (Phi) is 7.77. The summed E-state index contributed by atoms with van der Waals surface area (Å²) in [6.45, 7) is 0.883. The Morgan fingerprint density at radius 3 is 2.54 bits per heavy atom. The van der Waals surface area contributed by atoms with Crippen LogP contribution < -0.4 is 10.0 Å². The molecule has 0 bridgehead atoms. The van der Waals surface area contributed by atoms with Crippen LogP contribution in [0.4, 0.5) is 0 Å². The van der Waals surface area contributed by atoms with E-state index in [2.05, 4.69) is 26.0 Å². The lowest BCUT2D eigenvalue weighted by Crippen LogP contribution is -2.29. The normalized spacial score (nSPS) is 11.3. The third kappa shape index (κ3) is 5.91. The molecule has 2 rings (SSSR count). The van der Waals surface area contributed by atoms with Gasteiger partial charge in [-0.2, -0.15) is 0 Å². The van der Waals surface area contributed by atoms with Crippen molar-refractivity contribution < 1.29 is 17.9 Å². The van der Waals surface area contributed by atoms with Gasteiger partial charge in [0.25, 0.3) is 5.91 Å². The number of benzene rings is 2. The summed E-state index contributed by atoms with van der Waals surface area (Å²) in [7, 11) is -2.21. The highest BCUT2D eigenvalue weighted by atomic mass is 79.9. The molecule has 8 heteroatoms. The molecule has 0 spiro atoms. The first kappa shape index (κ1) is 20.6. The lowest BCUT2D eigenvalue weighted by molar-refractivity contribution is 0.0953. The molecular formula is C18H21BrN2O4S. The molecule has 1 amide bonds. The van der Waals surface area contributed by atoms with E-state index in [1.165, 1.54) is 19.2 Å². The van der Waals surface area contributed by atoms with Gasteiger partial charge < -0.3 is 10.1 Å². The van der Waals surface area contributed by atoms with Crippen LogP contribution in [0.1, 0.15) is 15.9 Å². The number of amides is 1. The number of ether oxygens (including phenoxy) is 1. The minimum Gasteiger partial charge on any atom is -0.383 e. The summed E-state index contributed by atoms with van der Waals surface area (Å²) < 4.78 is 32.4. The number of carbonyl (C=O) groups excluding carboxylic acids is 1. The summed E-state index contributed by atoms with van der Waals surface area (Å²) in [5, 5.41) is 2.82. The fourth-order valence-corrected chi connectivity index (χ4v) is 3.73. The van der Waals surface area contributed by atoms with Crippen molar-refractivity contribution in [3.05, 3.63) is 64.1 Å². The van der Waals surface area contributed by atoms with Gasteiger partial charge in [-0.05, 0) is 46.1 Å². The van der Waals surface area contributed by atoms with Crippen LogP contribution in [0, 0.1) is 0 Å². The van der Waals surface area contributed by atoms with Gasteiger partial charge in [-0.3, -0.25) is 4.79 Å². The number of sulfonamides is 1. The molecule has 6 nitrogen and oxygen atoms in total. The van der Waals surface area contributed by atoms with Crippen molar-refractivity contribution in [2.24, 2.45) is 0 Å². The average molecular weight is 441 g/mol. The molecule has 2 aromatic rings. The van der Waals surface area contributed by atoms with Crippen molar-refractivity contribution >= 4 is 31.9 Å². The highest BCUT2D eigenvalue weighted by Gasteiger charge is 2.18. The number of methoxy groups -OCH3 is 1. The van der Waals surface area contributed by atoms with Crippen LogP contribution in [-0.2, 0) is 21.2 Å². The molecule has 140 valence electrons. The average Bonchev–Trinajstić information content (AvgIpc) is 2.63. The van der Waals surface area contributed by atoms with Crippen molar-refractivity contribution in [2.45, 2.75) is 11.3 Å². The molecule has 2 N–H and O–H groups in total. The fraction of sp³-hybridized carbons (Fsp3) is 0.278. The predicted molar refractivity (Wildman–Crippen MR) is 104 cm³/mol. The van der Waals surface area contributed by atoms with E-state index in [4.69, 9.17) is 4.74 Å². The Labute approximate surface area is 162 Å². The largest absolute Gasteiger partial charge is 0.383 e. The third-order valence-corrected chi connectivity index (χ3v) is 5.78. The maximum absolute atomic E-state index is 12.4. The van der Waals surface area contributed by atoms with Gasteiger partial charge in [0.1, 0.15) is 0 Å². The summed E-state index contributed by atoms with van der Waals surface area (Å²) in [4.78, 5) is 12.5. The topological polar surface area (TPSA) is 84.5 Å². The number of hydrogen-bond donors (Lipinski definition) is 2. The first-order chi connectivity index (χ1) is 12.4. The minimum atomic E-state index is -3.70. The molecule has 0 unspecified atom stereocenters. The molecule has 26 heavy (non-hydrogen) atoms. The second-order valence-corrected chi connectivity index (χ2v) is 8.15. The smallest absolute Gasteiger partial charge is 0.252 e. The monoisotopic (exact) mass is 440 g/mol. The van der Waals surface area contributed by atoms with Crippen LogP contribution in [0.15, 0.2) is 57.9 Å². The number of nitrogens with one attached hydrogen (secondary N) is 2. The Morgan fingerprint density at radius 1 is 1.12 bits per heavy atom. The molecule has 0 atom stereocenters. The van der Waals surface area contributed by atoms with E-state index in [0.29, 0.717) is 17.4 Å². The van der Waals surface area contributed by atoms with Gasteiger partial charge in [0.15, 0.2) is 0 Å². The maximum atomic E-state index is 12.4. The van der Waals surface area contributed by atoms with E-state index in [0.717, 1.165) is 5.56 Å². The van der Waals surface area contributed by atoms with Crippen molar-refractivity contribution in [2.75, 3.05) is 26.8 Å². The summed E-state index contributed by atoms with van der Waals surface area (Å²) in [6.07, 6.45) is 0.695. The predicted octanol–water partition coefficient (Wildman–Crippen LogP) is 2.35. The number of halogens is 1. The number of hydrogen-bond acceptors (Lipinski definition) is 4. The molecule has 0 heterocycles. The number of rotatable bonds is 9. The van der Waals surface area contributed by atoms with Crippen LogP contribution in [0.25, 0.3) is 0 Å². The second-order valence-electron chi connectivity index (χ2n) is 5.52. The Bertz CT molecular complexity index is 842. The summed E-state index contributed by atoms with van der Waals surface area (Å²) in [6, 6.07) is 14.2. The van der Waals surface area contributed by atoms with Gasteiger partial charge in [0.2, 0.25) is 10.0 Å². The van der Waals surface area contributed by atoms with Crippen LogP contribution in [0.2, 0.25) is 0 Å². The Balaban J connectivity index is 2.05. The van der Waals surface area contributed by atoms with E-state index < -0.39 is 10.0 Å². The molecular weight excluding hydrogens is 420 g/mol. The van der Waals surface area contributed by atoms with Gasteiger partial charge in [0, 0.05) is 24.7 Å². The van der Waals surface area contributed by atoms with Gasteiger partial charge in [-0.25, -0.2) is 13.1 Å². The lowest BCUT2D eigenvalue weighted by atomic mass is 10.1. The molecule has 0 aliphatic carbocycles. The molecule has 2 aromatic carbocycles. The Hall–Kier alpha value is -1.74. The van der Waals surface area contributed by atoms with E-state index in [1.807, 2.05) is 30.3 Å². The molecule has 0 fully saturated rings. The second kappa shape index (κ2) is 9.82. The first-order valence-corrected chi connectivity index (χ1v) is 10.3. The van der Waals surface area contributed by atoms with E-state index >= 15 is 0 Å². The third-order valence-electron chi connectivity index (χ3n) is 3.63. The van der Waals surface area contributed by atoms with Crippen LogP contribution in [0.5, 0.6) is 0 Å². The summed E-state index contributed by atoms with van der Waals surface area (Å²) in [5.41, 5.74) is 1.39. The summed E-state index contributed by atoms with van der Waals surface area (Å²) in [5.74, 6) is -0.332. The van der Waals surface area contributed by atoms with Gasteiger partial charge in [-0.1, -0.05) is 30.3 Å². The van der Waals surface area contributed by atoms with Crippen molar-refractivity contribution in [3.63, 3.8) is 0 Å². The van der Waals surface area contributed by atoms with Gasteiger partial charge >= 0.3 is 0 Å². The molecule has 0 radical (unpaired) electrons. The van der Waals surface area contributed by atoms with E-state index in [9.17, 15) is 13.2 Å². The fourth-order valence-electron chi connectivity index (χ4n) is 2.27. The van der Waals surface area contributed by atoms with Crippen LogP contribution in [0.3, 0.4) is 0 Å².